The van der Waals surface area contributed by atoms with Crippen LogP contribution in [0.4, 0.5) is 17.1 Å². The Kier molecular flexibility index (Phi) is 8.68. The lowest BCUT2D eigenvalue weighted by molar-refractivity contribution is 0.0730. The van der Waals surface area contributed by atoms with Crippen LogP contribution in [0, 0.1) is 0 Å². The Labute approximate surface area is 257 Å². The van der Waals surface area contributed by atoms with Crippen LogP contribution < -0.4 is 4.72 Å². The number of benzene rings is 4. The molecule has 0 aromatic heterocycles. The zero-order valence-corrected chi connectivity index (χ0v) is 25.8. The molecule has 17 heteroatoms. The molecule has 0 atom stereocenters. The maximum absolute atomic E-state index is 13.6. The Morgan fingerprint density at radius 2 is 1.53 bits per heavy atom. The average molecular weight is 686 g/mol. The third-order valence-corrected chi connectivity index (χ3v) is 11.5. The first kappa shape index (κ1) is 31.1. The number of morpholine rings is 1. The molecule has 1 saturated heterocycles. The Hall–Kier alpha value is -3.31. The van der Waals surface area contributed by atoms with Gasteiger partial charge < -0.3 is 9.84 Å². The van der Waals surface area contributed by atoms with Crippen LogP contribution in [0.1, 0.15) is 0 Å². The molecule has 226 valence electrons. The van der Waals surface area contributed by atoms with Gasteiger partial charge in [-0.05, 0) is 42.5 Å². The number of anilines is 1. The summed E-state index contributed by atoms with van der Waals surface area (Å²) in [5.41, 5.74) is -0.179. The smallest absolute Gasteiger partial charge is 0.262 e. The van der Waals surface area contributed by atoms with Crippen molar-refractivity contribution >= 4 is 79.2 Å². The number of fused-ring (bicyclic) bond motifs is 1. The first-order valence-corrected chi connectivity index (χ1v) is 18.0. The van der Waals surface area contributed by atoms with Crippen molar-refractivity contribution in [1.29, 1.82) is 0 Å². The first-order valence-electron chi connectivity index (χ1n) is 12.4. The minimum atomic E-state index is -4.26. The molecule has 1 heterocycles. The standard InChI is InChI=1S/C26H22Cl2N4O8S3/c27-20-10-9-17(15-23(20)41(28,34)35)29-30-22-16-24(43(38,39)32-11-13-40-14-12-32)26(33)19-7-4-8-21(25(19)22)31-42(36,37)18-5-2-1-3-6-18/h1-10,15-16,31,33H,11-14H2. The van der Waals surface area contributed by atoms with Crippen LogP contribution in [-0.2, 0) is 33.8 Å². The van der Waals surface area contributed by atoms with Gasteiger partial charge in [0.15, 0.2) is 0 Å². The van der Waals surface area contributed by atoms with Crippen LogP contribution in [0.3, 0.4) is 0 Å². The molecule has 0 amide bonds. The summed E-state index contributed by atoms with van der Waals surface area (Å²) in [6.07, 6.45) is 0. The molecule has 4 aromatic rings. The van der Waals surface area contributed by atoms with Gasteiger partial charge in [0.25, 0.3) is 19.1 Å². The molecule has 43 heavy (non-hydrogen) atoms. The lowest BCUT2D eigenvalue weighted by Crippen LogP contribution is -2.40. The number of phenols is 1. The molecule has 12 nitrogen and oxygen atoms in total. The zero-order chi connectivity index (χ0) is 31.0. The van der Waals surface area contributed by atoms with Crippen LogP contribution in [-0.4, -0.2) is 61.0 Å². The number of sulfonamides is 2. The zero-order valence-electron chi connectivity index (χ0n) is 21.9. The van der Waals surface area contributed by atoms with E-state index in [0.717, 1.165) is 16.4 Å². The minimum absolute atomic E-state index is 0.00946. The highest BCUT2D eigenvalue weighted by Crippen LogP contribution is 2.44. The van der Waals surface area contributed by atoms with E-state index >= 15 is 0 Å². The second-order valence-corrected chi connectivity index (χ2v) is 15.7. The summed E-state index contributed by atoms with van der Waals surface area (Å²) >= 11 is 5.96. The fourth-order valence-electron chi connectivity index (χ4n) is 4.37. The molecule has 2 N–H and O–H groups in total. The number of aromatic hydroxyl groups is 1. The lowest BCUT2D eigenvalue weighted by atomic mass is 10.1. The molecule has 0 bridgehead atoms. The SMILES string of the molecule is O=S(=O)(Cl)c1cc(N=Nc2cc(S(=O)(=O)N3CCOCC3)c(O)c3cccc(NS(=O)(=O)c4ccccc4)c23)ccc1Cl. The second kappa shape index (κ2) is 12.0. The van der Waals surface area contributed by atoms with Gasteiger partial charge in [-0.1, -0.05) is 41.9 Å². The first-order chi connectivity index (χ1) is 20.3. The van der Waals surface area contributed by atoms with E-state index in [0.29, 0.717) is 0 Å². The number of ether oxygens (including phenoxy) is 1. The largest absolute Gasteiger partial charge is 0.506 e. The quantitative estimate of drug-likeness (QED) is 0.184. The van der Waals surface area contributed by atoms with Gasteiger partial charge in [0, 0.05) is 34.5 Å². The highest BCUT2D eigenvalue weighted by molar-refractivity contribution is 8.13. The number of nitrogens with one attached hydrogen (secondary N) is 1. The molecule has 1 aliphatic heterocycles. The van der Waals surface area contributed by atoms with Crippen LogP contribution in [0.5, 0.6) is 5.75 Å². The lowest BCUT2D eigenvalue weighted by Gasteiger charge is -2.26. The van der Waals surface area contributed by atoms with E-state index in [4.69, 9.17) is 27.0 Å². The van der Waals surface area contributed by atoms with Crippen LogP contribution in [0.2, 0.25) is 5.02 Å². The van der Waals surface area contributed by atoms with Crippen molar-refractivity contribution in [2.45, 2.75) is 14.7 Å². The molecule has 4 aromatic carbocycles. The maximum Gasteiger partial charge on any atom is 0.262 e. The number of rotatable bonds is 8. The second-order valence-electron chi connectivity index (χ2n) is 9.16. The predicted molar refractivity (Wildman–Crippen MR) is 161 cm³/mol. The number of phenolic OH excluding ortho intramolecular Hbond substituents is 1. The van der Waals surface area contributed by atoms with Gasteiger partial charge in [-0.2, -0.15) is 9.42 Å². The van der Waals surface area contributed by atoms with E-state index in [2.05, 4.69) is 15.0 Å². The van der Waals surface area contributed by atoms with Gasteiger partial charge in [-0.25, -0.2) is 25.3 Å². The fourth-order valence-corrected chi connectivity index (χ4v) is 8.47. The van der Waals surface area contributed by atoms with Crippen molar-refractivity contribution in [2.24, 2.45) is 10.2 Å². The van der Waals surface area contributed by atoms with Crippen LogP contribution in [0.15, 0.2) is 97.7 Å². The van der Waals surface area contributed by atoms with Crippen molar-refractivity contribution < 1.29 is 35.1 Å². The number of nitrogens with zero attached hydrogens (tertiary/aromatic N) is 3. The van der Waals surface area contributed by atoms with E-state index in [9.17, 15) is 30.4 Å². The van der Waals surface area contributed by atoms with E-state index in [1.165, 1.54) is 42.5 Å². The number of halogens is 2. The highest BCUT2D eigenvalue weighted by Gasteiger charge is 2.31. The number of hydrogen-bond donors (Lipinski definition) is 2. The predicted octanol–water partition coefficient (Wildman–Crippen LogP) is 5.36. The number of hydrogen-bond acceptors (Lipinski definition) is 10. The van der Waals surface area contributed by atoms with Crippen LogP contribution >= 0.6 is 22.3 Å². The van der Waals surface area contributed by atoms with Gasteiger partial charge in [0.1, 0.15) is 15.5 Å². The topological polar surface area (TPSA) is 172 Å². The van der Waals surface area contributed by atoms with Gasteiger partial charge in [-0.3, -0.25) is 4.72 Å². The Morgan fingerprint density at radius 3 is 2.21 bits per heavy atom. The molecular formula is C26H22Cl2N4O8S3. The summed E-state index contributed by atoms with van der Waals surface area (Å²) in [5.74, 6) is -0.622. The summed E-state index contributed by atoms with van der Waals surface area (Å²) in [7, 11) is -7.16. The molecule has 0 radical (unpaired) electrons. The van der Waals surface area contributed by atoms with E-state index in [1.54, 1.807) is 18.2 Å². The fraction of sp³-hybridized carbons (Fsp3) is 0.154. The third-order valence-electron chi connectivity index (χ3n) is 6.41. The molecule has 0 saturated carbocycles. The molecule has 1 fully saturated rings. The summed E-state index contributed by atoms with van der Waals surface area (Å²) < 4.78 is 86.3. The van der Waals surface area contributed by atoms with Crippen molar-refractivity contribution in [3.63, 3.8) is 0 Å². The Balaban J connectivity index is 1.72. The van der Waals surface area contributed by atoms with E-state index in [1.807, 2.05) is 0 Å². The normalized spacial score (nSPS) is 15.2. The number of azo groups is 1. The van der Waals surface area contributed by atoms with Crippen molar-refractivity contribution in [3.05, 3.63) is 77.8 Å². The highest BCUT2D eigenvalue weighted by atomic mass is 35.7. The molecule has 5 rings (SSSR count). The van der Waals surface area contributed by atoms with Gasteiger partial charge in [0.05, 0.1) is 40.2 Å². The Bertz CT molecular complexity index is 2070. The summed E-state index contributed by atoms with van der Waals surface area (Å²) in [6, 6.07) is 16.5. The molecule has 0 spiro atoms. The molecular weight excluding hydrogens is 663 g/mol. The van der Waals surface area contributed by atoms with E-state index < -0.39 is 44.6 Å². The molecule has 0 aliphatic carbocycles. The summed E-state index contributed by atoms with van der Waals surface area (Å²) in [6.45, 7) is 0.421. The third kappa shape index (κ3) is 6.47. The molecule has 1 aliphatic rings. The summed E-state index contributed by atoms with van der Waals surface area (Å²) in [5, 5.41) is 19.3. The van der Waals surface area contributed by atoms with Crippen molar-refractivity contribution in [3.8, 4) is 5.75 Å². The monoisotopic (exact) mass is 684 g/mol. The molecule has 0 unspecified atom stereocenters. The van der Waals surface area contributed by atoms with Crippen LogP contribution in [0.25, 0.3) is 10.8 Å². The van der Waals surface area contributed by atoms with Crippen molar-refractivity contribution in [1.82, 2.24) is 4.31 Å². The van der Waals surface area contributed by atoms with E-state index in [-0.39, 0.29) is 64.1 Å². The van der Waals surface area contributed by atoms with Crippen molar-refractivity contribution in [2.75, 3.05) is 31.0 Å². The average Bonchev–Trinajstić information content (AvgIpc) is 2.98. The summed E-state index contributed by atoms with van der Waals surface area (Å²) in [4.78, 5) is -0.948. The Morgan fingerprint density at radius 1 is 0.837 bits per heavy atom. The van der Waals surface area contributed by atoms with Gasteiger partial charge >= 0.3 is 0 Å². The minimum Gasteiger partial charge on any atom is -0.506 e. The van der Waals surface area contributed by atoms with Gasteiger partial charge in [0.2, 0.25) is 10.0 Å². The van der Waals surface area contributed by atoms with Gasteiger partial charge in [-0.15, -0.1) is 5.11 Å². The maximum atomic E-state index is 13.6.